The maximum atomic E-state index is 12.6. The normalized spacial score (nSPS) is 11.3. The van der Waals surface area contributed by atoms with Crippen molar-refractivity contribution in [2.45, 2.75) is 12.6 Å². The largest absolute Gasteiger partial charge is 0.506 e. The van der Waals surface area contributed by atoms with Crippen LogP contribution in [0.1, 0.15) is 21.5 Å². The molecule has 0 aliphatic heterocycles. The quantitative estimate of drug-likeness (QED) is 0.438. The summed E-state index contributed by atoms with van der Waals surface area (Å²) < 4.78 is 43.4. The molecule has 3 aromatic rings. The monoisotopic (exact) mass is 450 g/mol. The van der Waals surface area contributed by atoms with Crippen molar-refractivity contribution in [3.05, 3.63) is 69.5 Å². The van der Waals surface area contributed by atoms with E-state index in [1.54, 1.807) is 0 Å². The van der Waals surface area contributed by atoms with Crippen LogP contribution in [0.15, 0.2) is 47.3 Å². The number of aromatic amines is 1. The summed E-state index contributed by atoms with van der Waals surface area (Å²) in [5, 5.41) is 21.1. The van der Waals surface area contributed by atoms with Gasteiger partial charge < -0.3 is 25.3 Å². The summed E-state index contributed by atoms with van der Waals surface area (Å²) in [5.74, 6) is -2.64. The third-order valence-electron chi connectivity index (χ3n) is 4.53. The minimum Gasteiger partial charge on any atom is -0.506 e. The standard InChI is InChI=1S/C21H17F3N2O6/c22-21(23,24)12-3-1-11(2-4-12)7-8-32-13-5-6-14-15(9-13)26-20(31)17(18(14)29)19(30)25-10-16(27)28/h1-6,9H,7-8,10H2,(H,25,30)(H,27,28)(H2,26,29,31). The minimum atomic E-state index is -4.40. The van der Waals surface area contributed by atoms with E-state index in [9.17, 15) is 32.7 Å². The fraction of sp³-hybridized carbons (Fsp3) is 0.190. The highest BCUT2D eigenvalue weighted by Crippen LogP contribution is 2.30. The average Bonchev–Trinajstić information content (AvgIpc) is 2.72. The Labute approximate surface area is 178 Å². The SMILES string of the molecule is O=C(O)CNC(=O)c1c(O)c2ccc(OCCc3ccc(C(F)(F)F)cc3)cc2[nH]c1=O. The molecule has 32 heavy (non-hydrogen) atoms. The summed E-state index contributed by atoms with van der Waals surface area (Å²) in [5.41, 5.74) is -1.46. The molecule has 0 fully saturated rings. The van der Waals surface area contributed by atoms with Gasteiger partial charge in [-0.1, -0.05) is 12.1 Å². The summed E-state index contributed by atoms with van der Waals surface area (Å²) in [6, 6.07) is 9.00. The lowest BCUT2D eigenvalue weighted by Gasteiger charge is -2.11. The van der Waals surface area contributed by atoms with E-state index in [4.69, 9.17) is 9.84 Å². The van der Waals surface area contributed by atoms with Crippen LogP contribution in [0, 0.1) is 0 Å². The average molecular weight is 450 g/mol. The number of H-pyrrole nitrogens is 1. The van der Waals surface area contributed by atoms with Gasteiger partial charge in [-0.2, -0.15) is 13.2 Å². The molecule has 11 heteroatoms. The van der Waals surface area contributed by atoms with E-state index in [1.165, 1.54) is 30.3 Å². The van der Waals surface area contributed by atoms with Crippen molar-refractivity contribution in [1.82, 2.24) is 10.3 Å². The van der Waals surface area contributed by atoms with E-state index in [0.717, 1.165) is 12.1 Å². The minimum absolute atomic E-state index is 0.139. The van der Waals surface area contributed by atoms with Gasteiger partial charge in [0.25, 0.3) is 11.5 Å². The van der Waals surface area contributed by atoms with Crippen LogP contribution in [-0.4, -0.2) is 40.2 Å². The number of carboxylic acids is 1. The van der Waals surface area contributed by atoms with Gasteiger partial charge in [0.15, 0.2) is 0 Å². The second kappa shape index (κ2) is 9.00. The number of aromatic nitrogens is 1. The maximum absolute atomic E-state index is 12.6. The van der Waals surface area contributed by atoms with Crippen molar-refractivity contribution >= 4 is 22.8 Å². The topological polar surface area (TPSA) is 129 Å². The fourth-order valence-electron chi connectivity index (χ4n) is 2.95. The number of aromatic hydroxyl groups is 1. The molecule has 8 nitrogen and oxygen atoms in total. The predicted octanol–water partition coefficient (Wildman–Crippen LogP) is 2.69. The zero-order valence-electron chi connectivity index (χ0n) is 16.3. The molecule has 0 saturated heterocycles. The summed E-state index contributed by atoms with van der Waals surface area (Å²) >= 11 is 0. The van der Waals surface area contributed by atoms with Crippen LogP contribution < -0.4 is 15.6 Å². The molecule has 0 radical (unpaired) electrons. The van der Waals surface area contributed by atoms with Gasteiger partial charge in [-0.05, 0) is 29.8 Å². The van der Waals surface area contributed by atoms with Gasteiger partial charge in [-0.3, -0.25) is 14.4 Å². The zero-order valence-corrected chi connectivity index (χ0v) is 16.3. The van der Waals surface area contributed by atoms with Crippen LogP contribution >= 0.6 is 0 Å². The molecule has 2 aromatic carbocycles. The van der Waals surface area contributed by atoms with Crippen LogP contribution in [0.2, 0.25) is 0 Å². The number of amides is 1. The highest BCUT2D eigenvalue weighted by atomic mass is 19.4. The molecule has 0 unspecified atom stereocenters. The van der Waals surface area contributed by atoms with E-state index < -0.39 is 47.0 Å². The lowest BCUT2D eigenvalue weighted by molar-refractivity contribution is -0.138. The van der Waals surface area contributed by atoms with Gasteiger partial charge in [-0.15, -0.1) is 0 Å². The lowest BCUT2D eigenvalue weighted by Crippen LogP contribution is -2.33. The Morgan fingerprint density at radius 3 is 2.41 bits per heavy atom. The van der Waals surface area contributed by atoms with Crippen molar-refractivity contribution in [2.24, 2.45) is 0 Å². The first-order valence-corrected chi connectivity index (χ1v) is 9.24. The van der Waals surface area contributed by atoms with E-state index in [0.29, 0.717) is 17.7 Å². The second-order valence-corrected chi connectivity index (χ2v) is 6.75. The van der Waals surface area contributed by atoms with Gasteiger partial charge in [0, 0.05) is 17.9 Å². The number of aliphatic carboxylic acids is 1. The zero-order chi connectivity index (χ0) is 23.5. The third-order valence-corrected chi connectivity index (χ3v) is 4.53. The number of fused-ring (bicyclic) bond motifs is 1. The number of hydrogen-bond acceptors (Lipinski definition) is 5. The molecule has 1 heterocycles. The molecule has 0 aliphatic rings. The first kappa shape index (κ1) is 22.7. The molecule has 1 aromatic heterocycles. The molecular formula is C21H17F3N2O6. The molecule has 4 N–H and O–H groups in total. The summed E-state index contributed by atoms with van der Waals surface area (Å²) in [6.07, 6.45) is -4.07. The number of benzene rings is 2. The summed E-state index contributed by atoms with van der Waals surface area (Å²) in [7, 11) is 0. The highest BCUT2D eigenvalue weighted by Gasteiger charge is 2.29. The van der Waals surface area contributed by atoms with Gasteiger partial charge >= 0.3 is 12.1 Å². The second-order valence-electron chi connectivity index (χ2n) is 6.75. The Morgan fingerprint density at radius 1 is 1.09 bits per heavy atom. The first-order chi connectivity index (χ1) is 15.1. The Bertz CT molecular complexity index is 1220. The molecule has 0 spiro atoms. The number of ether oxygens (including phenoxy) is 1. The Balaban J connectivity index is 1.71. The van der Waals surface area contributed by atoms with Crippen molar-refractivity contribution in [3.63, 3.8) is 0 Å². The molecule has 3 rings (SSSR count). The molecule has 1 amide bonds. The molecular weight excluding hydrogens is 433 g/mol. The highest BCUT2D eigenvalue weighted by molar-refractivity contribution is 6.03. The lowest BCUT2D eigenvalue weighted by atomic mass is 10.1. The summed E-state index contributed by atoms with van der Waals surface area (Å²) in [6.45, 7) is -0.579. The van der Waals surface area contributed by atoms with Crippen LogP contribution in [0.5, 0.6) is 11.5 Å². The molecule has 0 bridgehead atoms. The van der Waals surface area contributed by atoms with Gasteiger partial charge in [0.05, 0.1) is 17.7 Å². The number of rotatable bonds is 7. The van der Waals surface area contributed by atoms with E-state index in [2.05, 4.69) is 4.98 Å². The number of carbonyl (C=O) groups excluding carboxylic acids is 1. The number of nitrogens with one attached hydrogen (secondary N) is 2. The number of hydrogen-bond donors (Lipinski definition) is 4. The van der Waals surface area contributed by atoms with E-state index in [-0.39, 0.29) is 17.5 Å². The number of carboxylic acid groups (broad SMARTS) is 1. The smallest absolute Gasteiger partial charge is 0.416 e. The van der Waals surface area contributed by atoms with Gasteiger partial charge in [-0.25, -0.2) is 0 Å². The Morgan fingerprint density at radius 2 is 1.78 bits per heavy atom. The summed E-state index contributed by atoms with van der Waals surface area (Å²) in [4.78, 5) is 37.2. The van der Waals surface area contributed by atoms with Gasteiger partial charge in [0.2, 0.25) is 0 Å². The fourth-order valence-corrected chi connectivity index (χ4v) is 2.95. The van der Waals surface area contributed by atoms with E-state index >= 15 is 0 Å². The number of halogens is 3. The van der Waals surface area contributed by atoms with Crippen LogP contribution in [0.25, 0.3) is 10.9 Å². The van der Waals surface area contributed by atoms with Crippen molar-refractivity contribution in [2.75, 3.05) is 13.2 Å². The Kier molecular flexibility index (Phi) is 6.37. The molecule has 0 saturated carbocycles. The van der Waals surface area contributed by atoms with Gasteiger partial charge in [0.1, 0.15) is 23.6 Å². The van der Waals surface area contributed by atoms with Crippen LogP contribution in [0.4, 0.5) is 13.2 Å². The predicted molar refractivity (Wildman–Crippen MR) is 107 cm³/mol. The number of alkyl halides is 3. The van der Waals surface area contributed by atoms with Crippen LogP contribution in [0.3, 0.4) is 0 Å². The maximum Gasteiger partial charge on any atom is 0.416 e. The van der Waals surface area contributed by atoms with Crippen LogP contribution in [-0.2, 0) is 17.4 Å². The third kappa shape index (κ3) is 5.17. The molecule has 0 atom stereocenters. The molecule has 0 aliphatic carbocycles. The van der Waals surface area contributed by atoms with Crippen molar-refractivity contribution in [1.29, 1.82) is 0 Å². The molecule has 168 valence electrons. The Hall–Kier alpha value is -4.02. The number of pyridine rings is 1. The van der Waals surface area contributed by atoms with E-state index in [1.807, 2.05) is 5.32 Å². The number of carbonyl (C=O) groups is 2. The first-order valence-electron chi connectivity index (χ1n) is 9.24. The van der Waals surface area contributed by atoms with Crippen molar-refractivity contribution < 1.29 is 37.7 Å². The van der Waals surface area contributed by atoms with Crippen molar-refractivity contribution in [3.8, 4) is 11.5 Å².